The van der Waals surface area contributed by atoms with Crippen LogP contribution in [0.2, 0.25) is 0 Å². The van der Waals surface area contributed by atoms with Crippen molar-refractivity contribution in [1.82, 2.24) is 10.1 Å². The Bertz CT molecular complexity index is 722. The highest BCUT2D eigenvalue weighted by Gasteiger charge is 2.16. The fourth-order valence-electron chi connectivity index (χ4n) is 2.06. The van der Waals surface area contributed by atoms with Crippen LogP contribution < -0.4 is 4.74 Å². The Morgan fingerprint density at radius 3 is 2.62 bits per heavy atom. The number of benzene rings is 2. The number of ether oxygens (including phenoxy) is 1. The van der Waals surface area contributed by atoms with E-state index in [1.54, 1.807) is 0 Å². The summed E-state index contributed by atoms with van der Waals surface area (Å²) in [5.41, 5.74) is 2.10. The third-order valence-electron chi connectivity index (χ3n) is 3.12. The van der Waals surface area contributed by atoms with Gasteiger partial charge in [0.25, 0.3) is 5.89 Å². The molecule has 4 heteroatoms. The molecule has 21 heavy (non-hydrogen) atoms. The topological polar surface area (TPSA) is 48.2 Å². The summed E-state index contributed by atoms with van der Waals surface area (Å²) in [6, 6.07) is 17.6. The maximum absolute atomic E-state index is 5.78. The zero-order valence-electron chi connectivity index (χ0n) is 12.0. The van der Waals surface area contributed by atoms with Gasteiger partial charge in [-0.05, 0) is 32.0 Å². The summed E-state index contributed by atoms with van der Waals surface area (Å²) in [6.45, 7) is 3.92. The molecule has 1 heterocycles. The van der Waals surface area contributed by atoms with E-state index in [0.717, 1.165) is 16.9 Å². The molecule has 0 saturated carbocycles. The fraction of sp³-hybridized carbons (Fsp3) is 0.176. The number of hydrogen-bond donors (Lipinski definition) is 0. The molecule has 0 unspecified atom stereocenters. The van der Waals surface area contributed by atoms with Gasteiger partial charge in [-0.1, -0.05) is 47.1 Å². The van der Waals surface area contributed by atoms with Crippen molar-refractivity contribution < 1.29 is 9.26 Å². The van der Waals surface area contributed by atoms with E-state index >= 15 is 0 Å². The van der Waals surface area contributed by atoms with Crippen molar-refractivity contribution in [2.75, 3.05) is 0 Å². The summed E-state index contributed by atoms with van der Waals surface area (Å²) >= 11 is 0. The lowest BCUT2D eigenvalue weighted by Crippen LogP contribution is -2.03. The Morgan fingerprint density at radius 2 is 1.86 bits per heavy atom. The van der Waals surface area contributed by atoms with Gasteiger partial charge in [0, 0.05) is 5.56 Å². The molecule has 0 spiro atoms. The van der Waals surface area contributed by atoms with Gasteiger partial charge >= 0.3 is 0 Å². The van der Waals surface area contributed by atoms with Crippen LogP contribution >= 0.6 is 0 Å². The lowest BCUT2D eigenvalue weighted by Gasteiger charge is -2.09. The normalized spacial score (nSPS) is 12.1. The summed E-state index contributed by atoms with van der Waals surface area (Å²) in [6.07, 6.45) is -0.293. The van der Waals surface area contributed by atoms with Gasteiger partial charge in [0.1, 0.15) is 5.75 Å². The standard InChI is InChI=1S/C17H16N2O2/c1-12-7-6-8-14(11-12)16-18-17(21-19-16)13(2)20-15-9-4-3-5-10-15/h3-11,13H,1-2H3/t13-/m0/s1. The van der Waals surface area contributed by atoms with E-state index in [1.807, 2.05) is 68.4 Å². The van der Waals surface area contributed by atoms with Crippen LogP contribution in [0.3, 0.4) is 0 Å². The van der Waals surface area contributed by atoms with E-state index in [1.165, 1.54) is 0 Å². The van der Waals surface area contributed by atoms with Gasteiger partial charge < -0.3 is 9.26 Å². The molecule has 0 aliphatic rings. The van der Waals surface area contributed by atoms with E-state index < -0.39 is 0 Å². The van der Waals surface area contributed by atoms with Gasteiger partial charge in [-0.25, -0.2) is 0 Å². The molecule has 0 amide bonds. The zero-order chi connectivity index (χ0) is 14.7. The van der Waals surface area contributed by atoms with E-state index in [0.29, 0.717) is 11.7 Å². The minimum Gasteiger partial charge on any atom is -0.481 e. The number of aryl methyl sites for hydroxylation is 1. The molecule has 1 atom stereocenters. The molecule has 106 valence electrons. The lowest BCUT2D eigenvalue weighted by molar-refractivity contribution is 0.176. The third-order valence-corrected chi connectivity index (χ3v) is 3.12. The van der Waals surface area contributed by atoms with E-state index in [-0.39, 0.29) is 6.10 Å². The predicted octanol–water partition coefficient (Wildman–Crippen LogP) is 4.19. The predicted molar refractivity (Wildman–Crippen MR) is 80.0 cm³/mol. The molecule has 0 radical (unpaired) electrons. The first-order chi connectivity index (χ1) is 10.2. The van der Waals surface area contributed by atoms with Crippen molar-refractivity contribution in [3.05, 3.63) is 66.1 Å². The van der Waals surface area contributed by atoms with Crippen LogP contribution in [-0.2, 0) is 0 Å². The van der Waals surface area contributed by atoms with Crippen LogP contribution in [0.25, 0.3) is 11.4 Å². The van der Waals surface area contributed by atoms with Crippen LogP contribution in [0.15, 0.2) is 59.1 Å². The minimum absolute atomic E-state index is 0.293. The van der Waals surface area contributed by atoms with Crippen LogP contribution in [0, 0.1) is 6.92 Å². The van der Waals surface area contributed by atoms with Crippen LogP contribution in [0.5, 0.6) is 5.75 Å². The number of hydrogen-bond acceptors (Lipinski definition) is 4. The molecule has 0 saturated heterocycles. The first kappa shape index (κ1) is 13.4. The van der Waals surface area contributed by atoms with Gasteiger partial charge in [-0.15, -0.1) is 0 Å². The Kier molecular flexibility index (Phi) is 3.69. The van der Waals surface area contributed by atoms with Crippen molar-refractivity contribution >= 4 is 0 Å². The van der Waals surface area contributed by atoms with Gasteiger partial charge in [0.2, 0.25) is 5.82 Å². The molecule has 0 N–H and O–H groups in total. The Labute approximate surface area is 123 Å². The SMILES string of the molecule is Cc1cccc(-c2noc([C@H](C)Oc3ccccc3)n2)c1. The first-order valence-electron chi connectivity index (χ1n) is 6.85. The Morgan fingerprint density at radius 1 is 1.05 bits per heavy atom. The van der Waals surface area contributed by atoms with Crippen LogP contribution in [0.4, 0.5) is 0 Å². The van der Waals surface area contributed by atoms with Gasteiger partial charge in [0.15, 0.2) is 6.10 Å². The largest absolute Gasteiger partial charge is 0.481 e. The van der Waals surface area contributed by atoms with Crippen molar-refractivity contribution in [1.29, 1.82) is 0 Å². The second-order valence-electron chi connectivity index (χ2n) is 4.90. The summed E-state index contributed by atoms with van der Waals surface area (Å²) < 4.78 is 11.1. The fourth-order valence-corrected chi connectivity index (χ4v) is 2.06. The average molecular weight is 280 g/mol. The highest BCUT2D eigenvalue weighted by molar-refractivity contribution is 5.55. The van der Waals surface area contributed by atoms with E-state index in [2.05, 4.69) is 10.1 Å². The van der Waals surface area contributed by atoms with Crippen LogP contribution in [-0.4, -0.2) is 10.1 Å². The third kappa shape index (κ3) is 3.11. The van der Waals surface area contributed by atoms with Gasteiger partial charge in [-0.3, -0.25) is 0 Å². The number of nitrogens with zero attached hydrogens (tertiary/aromatic N) is 2. The van der Waals surface area contributed by atoms with Crippen molar-refractivity contribution in [2.45, 2.75) is 20.0 Å². The molecular weight excluding hydrogens is 264 g/mol. The molecule has 3 aromatic rings. The summed E-state index contributed by atoms with van der Waals surface area (Å²) in [5.74, 6) is 1.83. The molecule has 1 aromatic heterocycles. The second kappa shape index (κ2) is 5.79. The quantitative estimate of drug-likeness (QED) is 0.719. The summed E-state index contributed by atoms with van der Waals surface area (Å²) in [7, 11) is 0. The lowest BCUT2D eigenvalue weighted by atomic mass is 10.1. The van der Waals surface area contributed by atoms with Gasteiger partial charge in [0.05, 0.1) is 0 Å². The first-order valence-corrected chi connectivity index (χ1v) is 6.85. The highest BCUT2D eigenvalue weighted by Crippen LogP contribution is 2.23. The van der Waals surface area contributed by atoms with Crippen molar-refractivity contribution in [3.8, 4) is 17.1 Å². The monoisotopic (exact) mass is 280 g/mol. The molecule has 2 aromatic carbocycles. The summed E-state index contributed by atoms with van der Waals surface area (Å²) in [5, 5.41) is 4.02. The minimum atomic E-state index is -0.293. The molecule has 4 nitrogen and oxygen atoms in total. The van der Waals surface area contributed by atoms with Gasteiger partial charge in [-0.2, -0.15) is 4.98 Å². The molecule has 0 aliphatic heterocycles. The number of rotatable bonds is 4. The smallest absolute Gasteiger partial charge is 0.267 e. The second-order valence-corrected chi connectivity index (χ2v) is 4.90. The summed E-state index contributed by atoms with van der Waals surface area (Å²) in [4.78, 5) is 4.41. The van der Waals surface area contributed by atoms with E-state index in [4.69, 9.17) is 9.26 Å². The van der Waals surface area contributed by atoms with Crippen LogP contribution in [0.1, 0.15) is 24.5 Å². The molecule has 3 rings (SSSR count). The molecule has 0 aliphatic carbocycles. The Balaban J connectivity index is 1.78. The average Bonchev–Trinajstić information content (AvgIpc) is 2.98. The number of para-hydroxylation sites is 1. The van der Waals surface area contributed by atoms with Crippen molar-refractivity contribution in [3.63, 3.8) is 0 Å². The molecule has 0 fully saturated rings. The van der Waals surface area contributed by atoms with E-state index in [9.17, 15) is 0 Å². The van der Waals surface area contributed by atoms with Crippen molar-refractivity contribution in [2.24, 2.45) is 0 Å². The Hall–Kier alpha value is -2.62. The molecule has 0 bridgehead atoms. The molecular formula is C17H16N2O2. The maximum Gasteiger partial charge on any atom is 0.267 e. The maximum atomic E-state index is 5.78. The zero-order valence-corrected chi connectivity index (χ0v) is 12.0. The highest BCUT2D eigenvalue weighted by atomic mass is 16.5. The number of aromatic nitrogens is 2.